The number of allylic oxidation sites excluding steroid dienone is 1. The molecule has 23 heavy (non-hydrogen) atoms. The van der Waals surface area contributed by atoms with Crippen LogP contribution in [0.3, 0.4) is 0 Å². The summed E-state index contributed by atoms with van der Waals surface area (Å²) in [5.74, 6) is -1.31. The Morgan fingerprint density at radius 3 is 2.61 bits per heavy atom. The van der Waals surface area contributed by atoms with E-state index in [9.17, 15) is 9.59 Å². The number of esters is 2. The lowest BCUT2D eigenvalue weighted by molar-refractivity contribution is -0.148. The largest absolute Gasteiger partial charge is 0.457 e. The Morgan fingerprint density at radius 1 is 1.26 bits per heavy atom. The summed E-state index contributed by atoms with van der Waals surface area (Å²) in [7, 11) is 0. The summed E-state index contributed by atoms with van der Waals surface area (Å²) in [6.07, 6.45) is 3.53. The maximum absolute atomic E-state index is 12.0. The van der Waals surface area contributed by atoms with E-state index in [4.69, 9.17) is 14.2 Å². The van der Waals surface area contributed by atoms with E-state index in [0.29, 0.717) is 17.7 Å². The Hall–Kier alpha value is -2.30. The molecule has 0 N–H and O–H groups in total. The van der Waals surface area contributed by atoms with Gasteiger partial charge in [0.05, 0.1) is 0 Å². The number of fused-ring (bicyclic) bond motifs is 1. The van der Waals surface area contributed by atoms with Crippen LogP contribution >= 0.6 is 0 Å². The average Bonchev–Trinajstić information content (AvgIpc) is 2.36. The molecule has 0 unspecified atom stereocenters. The minimum Gasteiger partial charge on any atom is -0.457 e. The van der Waals surface area contributed by atoms with Gasteiger partial charge in [0.2, 0.25) is 5.79 Å². The Kier molecular flexibility index (Phi) is 4.50. The molecule has 0 saturated heterocycles. The number of carbonyl (C=O) groups excluding carboxylic acids is 2. The summed E-state index contributed by atoms with van der Waals surface area (Å²) in [6, 6.07) is 5.28. The summed E-state index contributed by atoms with van der Waals surface area (Å²) in [5, 5.41) is 0. The highest BCUT2D eigenvalue weighted by atomic mass is 16.7. The van der Waals surface area contributed by atoms with E-state index in [-0.39, 0.29) is 0 Å². The molecule has 0 aromatic heterocycles. The van der Waals surface area contributed by atoms with Gasteiger partial charge in [-0.3, -0.25) is 0 Å². The lowest BCUT2D eigenvalue weighted by atomic mass is 10.0. The molecule has 0 spiro atoms. The standard InChI is InChI=1S/C18H22O5/c1-17(2,3)21-14(19)11-7-9-12-8-6-10-13-15(12)22-18(4,5)23-16(13)20/h6-8,10-11H,9H2,1-5H3. The molecule has 124 valence electrons. The van der Waals surface area contributed by atoms with Crippen LogP contribution in [0.25, 0.3) is 0 Å². The molecule has 0 radical (unpaired) electrons. The molecule has 5 nitrogen and oxygen atoms in total. The van der Waals surface area contributed by atoms with Crippen LogP contribution in [-0.4, -0.2) is 23.3 Å². The molecule has 1 aliphatic heterocycles. The van der Waals surface area contributed by atoms with Gasteiger partial charge in [-0.15, -0.1) is 0 Å². The van der Waals surface area contributed by atoms with Crippen molar-refractivity contribution in [1.29, 1.82) is 0 Å². The molecule has 1 aromatic carbocycles. The van der Waals surface area contributed by atoms with Crippen LogP contribution in [-0.2, 0) is 20.7 Å². The zero-order chi connectivity index (χ0) is 17.3. The van der Waals surface area contributed by atoms with Crippen molar-refractivity contribution in [1.82, 2.24) is 0 Å². The summed E-state index contributed by atoms with van der Waals surface area (Å²) in [6.45, 7) is 8.80. The van der Waals surface area contributed by atoms with Crippen molar-refractivity contribution in [2.45, 2.75) is 52.4 Å². The molecule has 1 aliphatic rings. The van der Waals surface area contributed by atoms with Crippen LogP contribution in [0, 0.1) is 0 Å². The fourth-order valence-corrected chi connectivity index (χ4v) is 2.19. The second-order valence-electron chi connectivity index (χ2n) is 6.83. The van der Waals surface area contributed by atoms with Crippen molar-refractivity contribution in [2.75, 3.05) is 0 Å². The number of ether oxygens (including phenoxy) is 3. The lowest BCUT2D eigenvalue weighted by Crippen LogP contribution is -2.39. The Morgan fingerprint density at radius 2 is 1.96 bits per heavy atom. The second-order valence-corrected chi connectivity index (χ2v) is 6.83. The van der Waals surface area contributed by atoms with Gasteiger partial charge in [0.1, 0.15) is 16.9 Å². The van der Waals surface area contributed by atoms with E-state index in [2.05, 4.69) is 0 Å². The van der Waals surface area contributed by atoms with E-state index in [1.54, 1.807) is 32.1 Å². The van der Waals surface area contributed by atoms with Crippen LogP contribution in [0.15, 0.2) is 30.4 Å². The molecular weight excluding hydrogens is 296 g/mol. The zero-order valence-electron chi connectivity index (χ0n) is 14.1. The van der Waals surface area contributed by atoms with Gasteiger partial charge in [-0.2, -0.15) is 0 Å². The summed E-state index contributed by atoms with van der Waals surface area (Å²) in [4.78, 5) is 23.7. The van der Waals surface area contributed by atoms with Gasteiger partial charge in [0, 0.05) is 19.9 Å². The summed E-state index contributed by atoms with van der Waals surface area (Å²) < 4.78 is 16.2. The molecule has 2 rings (SSSR count). The number of rotatable bonds is 3. The third-order valence-corrected chi connectivity index (χ3v) is 3.00. The predicted molar refractivity (Wildman–Crippen MR) is 85.3 cm³/mol. The number of cyclic esters (lactones) is 1. The molecule has 0 amide bonds. The highest BCUT2D eigenvalue weighted by molar-refractivity contribution is 5.94. The molecular formula is C18H22O5. The first-order valence-electron chi connectivity index (χ1n) is 7.51. The number of hydrogen-bond acceptors (Lipinski definition) is 5. The maximum Gasteiger partial charge on any atom is 0.345 e. The first-order chi connectivity index (χ1) is 10.6. The molecule has 0 saturated carbocycles. The predicted octanol–water partition coefficient (Wildman–Crippen LogP) is 3.41. The maximum atomic E-state index is 12.0. The lowest BCUT2D eigenvalue weighted by Gasteiger charge is -2.32. The van der Waals surface area contributed by atoms with E-state index in [1.165, 1.54) is 6.08 Å². The molecule has 1 heterocycles. The Balaban J connectivity index is 2.15. The topological polar surface area (TPSA) is 61.8 Å². The monoisotopic (exact) mass is 318 g/mol. The smallest absolute Gasteiger partial charge is 0.345 e. The SMILES string of the molecule is CC(C)(C)OC(=O)C=CCc1cccc2c1OC(C)(C)OC2=O. The minimum absolute atomic E-state index is 0.396. The van der Waals surface area contributed by atoms with Crippen molar-refractivity contribution in [3.63, 3.8) is 0 Å². The second kappa shape index (κ2) is 6.07. The van der Waals surface area contributed by atoms with Crippen molar-refractivity contribution in [2.24, 2.45) is 0 Å². The third kappa shape index (κ3) is 4.58. The van der Waals surface area contributed by atoms with Crippen molar-refractivity contribution < 1.29 is 23.8 Å². The molecule has 0 fully saturated rings. The van der Waals surface area contributed by atoms with Crippen LogP contribution in [0.2, 0.25) is 0 Å². The van der Waals surface area contributed by atoms with Crippen molar-refractivity contribution in [3.8, 4) is 5.75 Å². The van der Waals surface area contributed by atoms with Crippen LogP contribution in [0.1, 0.15) is 50.5 Å². The van der Waals surface area contributed by atoms with Gasteiger partial charge in [-0.05, 0) is 38.8 Å². The Bertz CT molecular complexity index is 650. The number of para-hydroxylation sites is 1. The van der Waals surface area contributed by atoms with E-state index < -0.39 is 23.3 Å². The molecule has 0 aliphatic carbocycles. The normalized spacial score (nSPS) is 16.5. The highest BCUT2D eigenvalue weighted by Crippen LogP contribution is 2.34. The van der Waals surface area contributed by atoms with Crippen LogP contribution < -0.4 is 4.74 Å². The van der Waals surface area contributed by atoms with E-state index in [0.717, 1.165) is 5.56 Å². The summed E-state index contributed by atoms with van der Waals surface area (Å²) >= 11 is 0. The average molecular weight is 318 g/mol. The van der Waals surface area contributed by atoms with Gasteiger partial charge < -0.3 is 14.2 Å². The third-order valence-electron chi connectivity index (χ3n) is 3.00. The molecule has 5 heteroatoms. The zero-order valence-corrected chi connectivity index (χ0v) is 14.1. The first-order valence-corrected chi connectivity index (χ1v) is 7.51. The van der Waals surface area contributed by atoms with Gasteiger partial charge in [-0.25, -0.2) is 9.59 Å². The van der Waals surface area contributed by atoms with Gasteiger partial charge in [0.15, 0.2) is 0 Å². The van der Waals surface area contributed by atoms with Crippen LogP contribution in [0.4, 0.5) is 0 Å². The van der Waals surface area contributed by atoms with E-state index in [1.807, 2.05) is 26.8 Å². The molecule has 1 aromatic rings. The molecule has 0 atom stereocenters. The number of carbonyl (C=O) groups is 2. The van der Waals surface area contributed by atoms with Crippen LogP contribution in [0.5, 0.6) is 5.75 Å². The quantitative estimate of drug-likeness (QED) is 0.631. The number of benzene rings is 1. The summed E-state index contributed by atoms with van der Waals surface area (Å²) in [5.41, 5.74) is 0.684. The fourth-order valence-electron chi connectivity index (χ4n) is 2.19. The van der Waals surface area contributed by atoms with Gasteiger partial charge >= 0.3 is 11.9 Å². The van der Waals surface area contributed by atoms with Gasteiger partial charge in [-0.1, -0.05) is 18.2 Å². The van der Waals surface area contributed by atoms with Gasteiger partial charge in [0.25, 0.3) is 0 Å². The Labute approximate surface area is 136 Å². The minimum atomic E-state index is -1.00. The highest BCUT2D eigenvalue weighted by Gasteiger charge is 2.34. The molecule has 0 bridgehead atoms. The van der Waals surface area contributed by atoms with Crippen molar-refractivity contribution in [3.05, 3.63) is 41.5 Å². The number of hydrogen-bond donors (Lipinski definition) is 0. The first kappa shape index (κ1) is 17.1. The van der Waals surface area contributed by atoms with E-state index >= 15 is 0 Å². The van der Waals surface area contributed by atoms with Crippen molar-refractivity contribution >= 4 is 11.9 Å². The fraction of sp³-hybridized carbons (Fsp3) is 0.444.